The van der Waals surface area contributed by atoms with Gasteiger partial charge in [-0.2, -0.15) is 4.98 Å². The lowest BCUT2D eigenvalue weighted by Crippen LogP contribution is -2.20. The number of aromatic nitrogens is 3. The predicted molar refractivity (Wildman–Crippen MR) is 64.9 cm³/mol. The van der Waals surface area contributed by atoms with E-state index >= 15 is 0 Å². The summed E-state index contributed by atoms with van der Waals surface area (Å²) in [4.78, 5) is 15.6. The number of carbonyl (C=O) groups is 1. The van der Waals surface area contributed by atoms with E-state index in [9.17, 15) is 4.79 Å². The Morgan fingerprint density at radius 3 is 2.76 bits per heavy atom. The first-order valence-electron chi connectivity index (χ1n) is 5.17. The summed E-state index contributed by atoms with van der Waals surface area (Å²) >= 11 is 0. The van der Waals surface area contributed by atoms with E-state index in [2.05, 4.69) is 25.8 Å². The lowest BCUT2D eigenvalue weighted by Gasteiger charge is -2.05. The molecule has 0 aliphatic heterocycles. The molecule has 0 bridgehead atoms. The molecule has 0 radical (unpaired) electrons. The van der Waals surface area contributed by atoms with Gasteiger partial charge in [-0.05, 0) is 31.5 Å². The molecule has 0 aliphatic rings. The van der Waals surface area contributed by atoms with E-state index in [0.717, 1.165) is 11.3 Å². The summed E-state index contributed by atoms with van der Waals surface area (Å²) in [5.74, 6) is 0.906. The zero-order valence-corrected chi connectivity index (χ0v) is 9.61. The zero-order chi connectivity index (χ0) is 12.3. The maximum atomic E-state index is 11.6. The van der Waals surface area contributed by atoms with Gasteiger partial charge in [0.25, 0.3) is 0 Å². The number of H-pyrrole nitrogens is 1. The van der Waals surface area contributed by atoms with Gasteiger partial charge >= 0.3 is 6.03 Å². The first-order valence-corrected chi connectivity index (χ1v) is 5.17. The normalized spacial score (nSPS) is 10.0. The van der Waals surface area contributed by atoms with Crippen molar-refractivity contribution in [2.75, 3.05) is 10.6 Å². The van der Waals surface area contributed by atoms with Gasteiger partial charge in [-0.15, -0.1) is 5.10 Å². The Bertz CT molecular complexity index is 534. The molecule has 0 saturated heterocycles. The second-order valence-corrected chi connectivity index (χ2v) is 3.69. The van der Waals surface area contributed by atoms with Gasteiger partial charge in [0.2, 0.25) is 5.95 Å². The van der Waals surface area contributed by atoms with Crippen molar-refractivity contribution in [1.82, 2.24) is 15.2 Å². The van der Waals surface area contributed by atoms with Gasteiger partial charge < -0.3 is 5.32 Å². The zero-order valence-electron chi connectivity index (χ0n) is 9.61. The van der Waals surface area contributed by atoms with Gasteiger partial charge in [-0.3, -0.25) is 10.4 Å². The van der Waals surface area contributed by atoms with E-state index in [1.807, 2.05) is 31.2 Å². The Morgan fingerprint density at radius 1 is 1.29 bits per heavy atom. The fourth-order valence-electron chi connectivity index (χ4n) is 1.39. The predicted octanol–water partition coefficient (Wildman–Crippen LogP) is 2.07. The second-order valence-electron chi connectivity index (χ2n) is 3.69. The van der Waals surface area contributed by atoms with Crippen molar-refractivity contribution in [2.45, 2.75) is 13.8 Å². The van der Waals surface area contributed by atoms with Crippen LogP contribution in [-0.4, -0.2) is 21.2 Å². The number of hydrogen-bond acceptors (Lipinski definition) is 3. The van der Waals surface area contributed by atoms with Crippen LogP contribution in [0.25, 0.3) is 0 Å². The number of rotatable bonds is 2. The largest absolute Gasteiger partial charge is 0.326 e. The van der Waals surface area contributed by atoms with Crippen LogP contribution in [0.1, 0.15) is 11.4 Å². The van der Waals surface area contributed by atoms with E-state index < -0.39 is 0 Å². The Morgan fingerprint density at radius 2 is 2.12 bits per heavy atom. The highest BCUT2D eigenvalue weighted by Gasteiger charge is 2.05. The molecular formula is C11H13N5O. The molecule has 0 atom stereocenters. The third-order valence-electron chi connectivity index (χ3n) is 2.10. The van der Waals surface area contributed by atoms with Gasteiger partial charge in [-0.25, -0.2) is 4.79 Å². The number of amides is 2. The molecule has 17 heavy (non-hydrogen) atoms. The van der Waals surface area contributed by atoms with Gasteiger partial charge in [-0.1, -0.05) is 12.1 Å². The fourth-order valence-corrected chi connectivity index (χ4v) is 1.39. The summed E-state index contributed by atoms with van der Waals surface area (Å²) in [5, 5.41) is 11.7. The Kier molecular flexibility index (Phi) is 3.04. The first kappa shape index (κ1) is 11.1. The number of carbonyl (C=O) groups excluding carboxylic acids is 1. The van der Waals surface area contributed by atoms with E-state index in [1.54, 1.807) is 6.92 Å². The number of benzene rings is 1. The number of nitrogens with one attached hydrogen (secondary N) is 3. The van der Waals surface area contributed by atoms with E-state index in [0.29, 0.717) is 5.82 Å². The van der Waals surface area contributed by atoms with Crippen molar-refractivity contribution < 1.29 is 4.79 Å². The van der Waals surface area contributed by atoms with Crippen LogP contribution in [0, 0.1) is 13.8 Å². The molecule has 0 saturated carbocycles. The Labute approximate surface area is 98.5 Å². The van der Waals surface area contributed by atoms with Crippen molar-refractivity contribution in [3.63, 3.8) is 0 Å². The van der Waals surface area contributed by atoms with Crippen LogP contribution in [0.3, 0.4) is 0 Å². The lowest BCUT2D eigenvalue weighted by atomic mass is 10.2. The molecular weight excluding hydrogens is 218 g/mol. The minimum atomic E-state index is -0.366. The molecule has 0 unspecified atom stereocenters. The quantitative estimate of drug-likeness (QED) is 0.739. The summed E-state index contributed by atoms with van der Waals surface area (Å²) in [6, 6.07) is 7.16. The molecule has 6 heteroatoms. The van der Waals surface area contributed by atoms with Gasteiger partial charge in [0.15, 0.2) is 0 Å². The smallest absolute Gasteiger partial charge is 0.308 e. The summed E-state index contributed by atoms with van der Waals surface area (Å²) in [7, 11) is 0. The van der Waals surface area contributed by atoms with Gasteiger partial charge in [0.1, 0.15) is 5.82 Å². The summed E-state index contributed by atoms with van der Waals surface area (Å²) in [5.41, 5.74) is 1.81. The average Bonchev–Trinajstić information content (AvgIpc) is 2.63. The molecule has 2 amide bonds. The van der Waals surface area contributed by atoms with E-state index in [4.69, 9.17) is 0 Å². The lowest BCUT2D eigenvalue weighted by molar-refractivity contribution is 0.262. The molecule has 3 N–H and O–H groups in total. The molecule has 1 aromatic carbocycles. The number of aryl methyl sites for hydroxylation is 2. The molecule has 0 spiro atoms. The maximum absolute atomic E-state index is 11.6. The highest BCUT2D eigenvalue weighted by Crippen LogP contribution is 2.09. The van der Waals surface area contributed by atoms with Crippen LogP contribution in [-0.2, 0) is 0 Å². The van der Waals surface area contributed by atoms with Crippen LogP contribution < -0.4 is 10.6 Å². The standard InChI is InChI=1S/C11H13N5O/c1-7-4-3-5-9(6-7)13-11(17)14-10-12-8(2)15-16-10/h3-6H,1-2H3,(H3,12,13,14,15,16,17). The van der Waals surface area contributed by atoms with Crippen LogP contribution in [0.15, 0.2) is 24.3 Å². The van der Waals surface area contributed by atoms with Gasteiger partial charge in [0, 0.05) is 5.69 Å². The van der Waals surface area contributed by atoms with E-state index in [-0.39, 0.29) is 12.0 Å². The van der Waals surface area contributed by atoms with Crippen LogP contribution in [0.2, 0.25) is 0 Å². The number of aromatic amines is 1. The molecule has 2 aromatic rings. The summed E-state index contributed by atoms with van der Waals surface area (Å²) in [6.07, 6.45) is 0. The third kappa shape index (κ3) is 3.04. The van der Waals surface area contributed by atoms with Crippen LogP contribution >= 0.6 is 0 Å². The molecule has 2 rings (SSSR count). The Hall–Kier alpha value is -2.37. The number of hydrogen-bond donors (Lipinski definition) is 3. The minimum Gasteiger partial charge on any atom is -0.308 e. The third-order valence-corrected chi connectivity index (χ3v) is 2.10. The molecule has 6 nitrogen and oxygen atoms in total. The molecule has 1 heterocycles. The monoisotopic (exact) mass is 231 g/mol. The highest BCUT2D eigenvalue weighted by molar-refractivity contribution is 5.98. The van der Waals surface area contributed by atoms with Crippen LogP contribution in [0.4, 0.5) is 16.4 Å². The number of urea groups is 1. The van der Waals surface area contributed by atoms with Crippen molar-refractivity contribution in [3.05, 3.63) is 35.7 Å². The fraction of sp³-hybridized carbons (Fsp3) is 0.182. The SMILES string of the molecule is Cc1cccc(NC(=O)Nc2n[nH]c(C)n2)c1. The second kappa shape index (κ2) is 4.65. The Balaban J connectivity index is 1.98. The maximum Gasteiger partial charge on any atom is 0.326 e. The van der Waals surface area contributed by atoms with Crippen molar-refractivity contribution >= 4 is 17.7 Å². The number of nitrogens with zero attached hydrogens (tertiary/aromatic N) is 2. The highest BCUT2D eigenvalue weighted by atomic mass is 16.2. The average molecular weight is 231 g/mol. The molecule has 0 aliphatic carbocycles. The molecule has 88 valence electrons. The van der Waals surface area contributed by atoms with Crippen LogP contribution in [0.5, 0.6) is 0 Å². The van der Waals surface area contributed by atoms with Crippen molar-refractivity contribution in [1.29, 1.82) is 0 Å². The molecule has 0 fully saturated rings. The molecule has 1 aromatic heterocycles. The summed E-state index contributed by atoms with van der Waals surface area (Å²) in [6.45, 7) is 3.72. The van der Waals surface area contributed by atoms with Crippen molar-refractivity contribution in [2.24, 2.45) is 0 Å². The first-order chi connectivity index (χ1) is 8.13. The van der Waals surface area contributed by atoms with Crippen molar-refractivity contribution in [3.8, 4) is 0 Å². The number of anilines is 2. The minimum absolute atomic E-state index is 0.257. The van der Waals surface area contributed by atoms with Gasteiger partial charge in [0.05, 0.1) is 0 Å². The van der Waals surface area contributed by atoms with E-state index in [1.165, 1.54) is 0 Å². The summed E-state index contributed by atoms with van der Waals surface area (Å²) < 4.78 is 0. The topological polar surface area (TPSA) is 82.7 Å².